The lowest BCUT2D eigenvalue weighted by molar-refractivity contribution is 0.199. The SMILES string of the molecule is CCCN(C)C.CCCOC.CCOC.CCOC. The average molecular weight is 281 g/mol. The van der Waals surface area contributed by atoms with Crippen molar-refractivity contribution >= 4 is 0 Å². The standard InChI is InChI=1S/C5H13N.C4H10O.2C3H8O/c1-4-5-6(2)3;1-3-4-5-2;2*1-3-4-2/h4-5H2,1-3H3;3-4H2,1-2H3;2*3H2,1-2H3. The van der Waals surface area contributed by atoms with Gasteiger partial charge in [-0.25, -0.2) is 0 Å². The van der Waals surface area contributed by atoms with Crippen molar-refractivity contribution in [1.82, 2.24) is 4.90 Å². The predicted octanol–water partition coefficient (Wildman–Crippen LogP) is 3.31. The van der Waals surface area contributed by atoms with Crippen LogP contribution in [0.3, 0.4) is 0 Å². The van der Waals surface area contributed by atoms with Gasteiger partial charge in [-0.2, -0.15) is 0 Å². The van der Waals surface area contributed by atoms with Gasteiger partial charge in [-0.3, -0.25) is 0 Å². The van der Waals surface area contributed by atoms with Gasteiger partial charge in [0.25, 0.3) is 0 Å². The zero-order valence-corrected chi connectivity index (χ0v) is 14.9. The van der Waals surface area contributed by atoms with Crippen molar-refractivity contribution in [3.05, 3.63) is 0 Å². The van der Waals surface area contributed by atoms with E-state index in [0.29, 0.717) is 0 Å². The maximum atomic E-state index is 4.69. The number of rotatable bonds is 6. The van der Waals surface area contributed by atoms with Crippen LogP contribution in [0.25, 0.3) is 0 Å². The molecule has 4 nitrogen and oxygen atoms in total. The summed E-state index contributed by atoms with van der Waals surface area (Å²) in [7, 11) is 9.25. The first-order valence-electron chi connectivity index (χ1n) is 7.13. The Hall–Kier alpha value is -0.160. The number of hydrogen-bond donors (Lipinski definition) is 0. The van der Waals surface area contributed by atoms with Gasteiger partial charge in [-0.1, -0.05) is 13.8 Å². The van der Waals surface area contributed by atoms with Crippen LogP contribution in [-0.2, 0) is 14.2 Å². The molecule has 0 N–H and O–H groups in total. The van der Waals surface area contributed by atoms with Gasteiger partial charge in [0.2, 0.25) is 0 Å². The minimum atomic E-state index is 0.819. The van der Waals surface area contributed by atoms with Crippen molar-refractivity contribution < 1.29 is 14.2 Å². The molecule has 0 heterocycles. The molecule has 19 heavy (non-hydrogen) atoms. The lowest BCUT2D eigenvalue weighted by Crippen LogP contribution is -2.11. The minimum absolute atomic E-state index is 0.819. The summed E-state index contributed by atoms with van der Waals surface area (Å²) < 4.78 is 13.8. The highest BCUT2D eigenvalue weighted by Crippen LogP contribution is 1.76. The van der Waals surface area contributed by atoms with Gasteiger partial charge in [-0.05, 0) is 47.3 Å². The van der Waals surface area contributed by atoms with Crippen molar-refractivity contribution in [1.29, 1.82) is 0 Å². The number of hydrogen-bond acceptors (Lipinski definition) is 4. The highest BCUT2D eigenvalue weighted by atomic mass is 16.5. The Morgan fingerprint density at radius 3 is 1.05 bits per heavy atom. The predicted molar refractivity (Wildman–Crippen MR) is 86.1 cm³/mol. The van der Waals surface area contributed by atoms with Gasteiger partial charge in [-0.15, -0.1) is 0 Å². The van der Waals surface area contributed by atoms with E-state index in [2.05, 4.69) is 42.3 Å². The summed E-state index contributed by atoms with van der Waals surface area (Å²) in [4.78, 5) is 2.18. The fourth-order valence-electron chi connectivity index (χ4n) is 0.651. The lowest BCUT2D eigenvalue weighted by Gasteiger charge is -2.03. The summed E-state index contributed by atoms with van der Waals surface area (Å²) in [5, 5.41) is 0. The molecule has 0 spiro atoms. The zero-order chi connectivity index (χ0) is 15.9. The summed E-state index contributed by atoms with van der Waals surface area (Å²) in [5.41, 5.74) is 0. The van der Waals surface area contributed by atoms with Crippen LogP contribution in [-0.4, -0.2) is 66.7 Å². The number of methoxy groups -OCH3 is 3. The Bertz CT molecular complexity index is 91.4. The van der Waals surface area contributed by atoms with Gasteiger partial charge >= 0.3 is 0 Å². The van der Waals surface area contributed by atoms with Crippen LogP contribution >= 0.6 is 0 Å². The molecule has 0 aromatic heterocycles. The monoisotopic (exact) mass is 281 g/mol. The molecule has 0 amide bonds. The molecule has 122 valence electrons. The Morgan fingerprint density at radius 2 is 1.05 bits per heavy atom. The Balaban J connectivity index is -0.0000000803. The fraction of sp³-hybridized carbons (Fsp3) is 1.00. The van der Waals surface area contributed by atoms with Crippen molar-refractivity contribution in [2.75, 3.05) is 61.8 Å². The highest BCUT2D eigenvalue weighted by Gasteiger charge is 1.79. The zero-order valence-electron chi connectivity index (χ0n) is 14.9. The second kappa shape index (κ2) is 36.1. The third-order valence-corrected chi connectivity index (χ3v) is 1.66. The Labute approximate surface area is 122 Å². The summed E-state index contributed by atoms with van der Waals surface area (Å²) in [5.74, 6) is 0. The number of ether oxygens (including phenoxy) is 3. The molecule has 0 aliphatic carbocycles. The van der Waals surface area contributed by atoms with Gasteiger partial charge < -0.3 is 19.1 Å². The van der Waals surface area contributed by atoms with Crippen LogP contribution in [0.1, 0.15) is 40.5 Å². The molecule has 0 unspecified atom stereocenters. The molecular weight excluding hydrogens is 242 g/mol. The van der Waals surface area contributed by atoms with E-state index in [-0.39, 0.29) is 0 Å². The van der Waals surface area contributed by atoms with E-state index in [1.807, 2.05) is 13.8 Å². The molecule has 0 aromatic carbocycles. The molecule has 0 rings (SSSR count). The molecular formula is C15H39NO3. The normalized spacial score (nSPS) is 8.53. The van der Waals surface area contributed by atoms with Crippen LogP contribution in [0.15, 0.2) is 0 Å². The Morgan fingerprint density at radius 1 is 0.684 bits per heavy atom. The summed E-state index contributed by atoms with van der Waals surface area (Å²) in [6.07, 6.45) is 2.38. The van der Waals surface area contributed by atoms with Crippen molar-refractivity contribution in [3.8, 4) is 0 Å². The second-order valence-electron chi connectivity index (χ2n) is 3.95. The van der Waals surface area contributed by atoms with E-state index in [0.717, 1.165) is 26.2 Å². The van der Waals surface area contributed by atoms with Crippen molar-refractivity contribution in [2.24, 2.45) is 0 Å². The van der Waals surface area contributed by atoms with Crippen molar-refractivity contribution in [3.63, 3.8) is 0 Å². The van der Waals surface area contributed by atoms with Crippen LogP contribution < -0.4 is 0 Å². The maximum Gasteiger partial charge on any atom is 0.0459 e. The Kier molecular flexibility index (Phi) is 51.7. The molecule has 0 fully saturated rings. The first-order chi connectivity index (χ1) is 9.01. The van der Waals surface area contributed by atoms with E-state index < -0.39 is 0 Å². The first-order valence-corrected chi connectivity index (χ1v) is 7.13. The number of nitrogens with zero attached hydrogens (tertiary/aromatic N) is 1. The molecule has 0 aromatic rings. The second-order valence-corrected chi connectivity index (χ2v) is 3.95. The smallest absolute Gasteiger partial charge is 0.0459 e. The fourth-order valence-corrected chi connectivity index (χ4v) is 0.651. The average Bonchev–Trinajstić information content (AvgIpc) is 2.41. The van der Waals surface area contributed by atoms with Crippen LogP contribution in [0.2, 0.25) is 0 Å². The van der Waals surface area contributed by atoms with Gasteiger partial charge in [0, 0.05) is 41.2 Å². The minimum Gasteiger partial charge on any atom is -0.385 e. The van der Waals surface area contributed by atoms with E-state index in [1.165, 1.54) is 13.0 Å². The van der Waals surface area contributed by atoms with E-state index >= 15 is 0 Å². The summed E-state index contributed by atoms with van der Waals surface area (Å²) in [6, 6.07) is 0. The summed E-state index contributed by atoms with van der Waals surface area (Å²) in [6.45, 7) is 11.9. The van der Waals surface area contributed by atoms with E-state index in [1.54, 1.807) is 21.3 Å². The van der Waals surface area contributed by atoms with Crippen LogP contribution in [0.4, 0.5) is 0 Å². The molecule has 0 bridgehead atoms. The highest BCUT2D eigenvalue weighted by molar-refractivity contribution is 4.34. The van der Waals surface area contributed by atoms with E-state index in [4.69, 9.17) is 4.74 Å². The van der Waals surface area contributed by atoms with E-state index in [9.17, 15) is 0 Å². The van der Waals surface area contributed by atoms with Gasteiger partial charge in [0.1, 0.15) is 0 Å². The molecule has 4 heteroatoms. The van der Waals surface area contributed by atoms with Crippen molar-refractivity contribution in [2.45, 2.75) is 40.5 Å². The lowest BCUT2D eigenvalue weighted by atomic mass is 10.5. The van der Waals surface area contributed by atoms with Gasteiger partial charge in [0.15, 0.2) is 0 Å². The van der Waals surface area contributed by atoms with Crippen LogP contribution in [0, 0.1) is 0 Å². The third-order valence-electron chi connectivity index (χ3n) is 1.66. The summed E-state index contributed by atoms with van der Waals surface area (Å²) >= 11 is 0. The first kappa shape index (κ1) is 27.2. The van der Waals surface area contributed by atoms with Gasteiger partial charge in [0.05, 0.1) is 0 Å². The molecule has 0 saturated carbocycles. The molecule has 0 atom stereocenters. The maximum absolute atomic E-state index is 4.69. The largest absolute Gasteiger partial charge is 0.385 e. The topological polar surface area (TPSA) is 30.9 Å². The van der Waals surface area contributed by atoms with Crippen LogP contribution in [0.5, 0.6) is 0 Å². The molecule has 0 aliphatic rings. The quantitative estimate of drug-likeness (QED) is 0.747. The molecule has 0 aliphatic heterocycles. The molecule has 0 radical (unpaired) electrons. The molecule has 0 saturated heterocycles. The third kappa shape index (κ3) is 95.7.